The molecule has 2 heterocycles. The van der Waals surface area contributed by atoms with Gasteiger partial charge in [-0.05, 0) is 44.2 Å². The maximum Gasteiger partial charge on any atom is 0.263 e. The van der Waals surface area contributed by atoms with Crippen molar-refractivity contribution in [3.8, 4) is 11.6 Å². The Morgan fingerprint density at radius 2 is 2.00 bits per heavy atom. The highest BCUT2D eigenvalue weighted by molar-refractivity contribution is 5.79. The lowest BCUT2D eigenvalue weighted by molar-refractivity contribution is -0.125. The zero-order valence-corrected chi connectivity index (χ0v) is 17.0. The quantitative estimate of drug-likeness (QED) is 0.785. The lowest BCUT2D eigenvalue weighted by atomic mass is 9.97. The van der Waals surface area contributed by atoms with Crippen LogP contribution < -0.4 is 15.0 Å². The van der Waals surface area contributed by atoms with Crippen LogP contribution in [0.2, 0.25) is 0 Å². The first-order chi connectivity index (χ1) is 13.5. The van der Waals surface area contributed by atoms with Crippen molar-refractivity contribution >= 4 is 11.7 Å². The van der Waals surface area contributed by atoms with Crippen molar-refractivity contribution in [3.05, 3.63) is 42.2 Å². The lowest BCUT2D eigenvalue weighted by Gasteiger charge is -2.33. The summed E-state index contributed by atoms with van der Waals surface area (Å²) in [7, 11) is 0. The third-order valence-corrected chi connectivity index (χ3v) is 4.99. The van der Waals surface area contributed by atoms with E-state index in [4.69, 9.17) is 4.74 Å². The van der Waals surface area contributed by atoms with E-state index in [1.165, 1.54) is 5.56 Å². The molecule has 3 rings (SSSR count). The van der Waals surface area contributed by atoms with Crippen molar-refractivity contribution in [2.75, 3.05) is 24.5 Å². The number of aryl methyl sites for hydroxylation is 1. The number of rotatable bonds is 7. The van der Waals surface area contributed by atoms with E-state index >= 15 is 0 Å². The second-order valence-electron chi connectivity index (χ2n) is 7.86. The molecule has 0 bridgehead atoms. The topological polar surface area (TPSA) is 67.4 Å². The molecule has 1 saturated heterocycles. The number of nitrogens with one attached hydrogen (secondary N) is 1. The number of anilines is 1. The average molecular weight is 383 g/mol. The van der Waals surface area contributed by atoms with Gasteiger partial charge in [0.2, 0.25) is 5.91 Å². The third kappa shape index (κ3) is 5.44. The fraction of sp³-hybridized carbons (Fsp3) is 0.500. The summed E-state index contributed by atoms with van der Waals surface area (Å²) in [5.41, 5.74) is 1.18. The van der Waals surface area contributed by atoms with Crippen molar-refractivity contribution in [1.29, 1.82) is 0 Å². The average Bonchev–Trinajstić information content (AvgIpc) is 2.70. The first kappa shape index (κ1) is 20.1. The van der Waals surface area contributed by atoms with Crippen LogP contribution in [0.4, 0.5) is 5.82 Å². The minimum absolute atomic E-state index is 0.0323. The molecule has 0 spiro atoms. The molecule has 1 amide bonds. The third-order valence-electron chi connectivity index (χ3n) is 4.99. The molecule has 1 fully saturated rings. The molecule has 0 aliphatic carbocycles. The largest absolute Gasteiger partial charge is 0.436 e. The van der Waals surface area contributed by atoms with E-state index in [0.29, 0.717) is 24.2 Å². The Morgan fingerprint density at radius 3 is 2.75 bits per heavy atom. The van der Waals surface area contributed by atoms with Gasteiger partial charge in [-0.15, -0.1) is 0 Å². The van der Waals surface area contributed by atoms with E-state index in [-0.39, 0.29) is 11.8 Å². The van der Waals surface area contributed by atoms with E-state index in [1.54, 1.807) is 12.4 Å². The standard InChI is InChI=1S/C22H30N4O2/c1-16(2)10-11-24-21(27)18-5-4-14-26(15-18)20-22(25-13-12-23-20)28-19-8-6-17(3)7-9-19/h6-9,12-13,16,18H,4-5,10-11,14-15H2,1-3H3,(H,24,27)/t18-/m1/s1. The van der Waals surface area contributed by atoms with Crippen molar-refractivity contribution in [3.63, 3.8) is 0 Å². The number of carbonyl (C=O) groups is 1. The Kier molecular flexibility index (Phi) is 6.85. The lowest BCUT2D eigenvalue weighted by Crippen LogP contribution is -2.43. The molecule has 2 aromatic rings. The molecule has 6 nitrogen and oxygen atoms in total. The van der Waals surface area contributed by atoms with Crippen LogP contribution in [0.5, 0.6) is 11.6 Å². The molecular weight excluding hydrogens is 352 g/mol. The molecule has 1 aliphatic heterocycles. The van der Waals surface area contributed by atoms with Crippen molar-refractivity contribution in [1.82, 2.24) is 15.3 Å². The summed E-state index contributed by atoms with van der Waals surface area (Å²) in [5.74, 6) is 2.59. The number of benzene rings is 1. The SMILES string of the molecule is Cc1ccc(Oc2nccnc2N2CCC[C@@H](C(=O)NCCC(C)C)C2)cc1. The van der Waals surface area contributed by atoms with Gasteiger partial charge in [0.05, 0.1) is 5.92 Å². The monoisotopic (exact) mass is 382 g/mol. The number of piperidine rings is 1. The van der Waals surface area contributed by atoms with Gasteiger partial charge < -0.3 is 15.0 Å². The van der Waals surface area contributed by atoms with Crippen LogP contribution in [0.1, 0.15) is 38.7 Å². The summed E-state index contributed by atoms with van der Waals surface area (Å²) in [4.78, 5) is 23.6. The fourth-order valence-corrected chi connectivity index (χ4v) is 3.34. The smallest absolute Gasteiger partial charge is 0.263 e. The highest BCUT2D eigenvalue weighted by Gasteiger charge is 2.28. The van der Waals surface area contributed by atoms with Gasteiger partial charge in [0, 0.05) is 32.0 Å². The minimum atomic E-state index is -0.0323. The van der Waals surface area contributed by atoms with Crippen LogP contribution in [0.15, 0.2) is 36.7 Å². The number of nitrogens with zero attached hydrogens (tertiary/aromatic N) is 3. The Balaban J connectivity index is 1.67. The molecule has 0 radical (unpaired) electrons. The number of ether oxygens (including phenoxy) is 1. The van der Waals surface area contributed by atoms with Crippen molar-refractivity contribution in [2.45, 2.75) is 40.0 Å². The number of hydrogen-bond acceptors (Lipinski definition) is 5. The molecular formula is C22H30N4O2. The summed E-state index contributed by atoms with van der Waals surface area (Å²) in [6.45, 7) is 8.59. The summed E-state index contributed by atoms with van der Waals surface area (Å²) < 4.78 is 5.99. The van der Waals surface area contributed by atoms with E-state index < -0.39 is 0 Å². The number of hydrogen-bond donors (Lipinski definition) is 1. The highest BCUT2D eigenvalue weighted by Crippen LogP contribution is 2.31. The molecule has 1 atom stereocenters. The van der Waals surface area contributed by atoms with Gasteiger partial charge in [-0.3, -0.25) is 4.79 Å². The number of aromatic nitrogens is 2. The van der Waals surface area contributed by atoms with E-state index in [1.807, 2.05) is 31.2 Å². The van der Waals surface area contributed by atoms with Gasteiger partial charge in [0.25, 0.3) is 5.88 Å². The predicted octanol–water partition coefficient (Wildman–Crippen LogP) is 3.96. The van der Waals surface area contributed by atoms with E-state index in [2.05, 4.69) is 34.0 Å². The normalized spacial score (nSPS) is 16.9. The Bertz CT molecular complexity index is 776. The van der Waals surface area contributed by atoms with Crippen LogP contribution in [0, 0.1) is 18.8 Å². The summed E-state index contributed by atoms with van der Waals surface area (Å²) in [5, 5.41) is 3.08. The molecule has 0 saturated carbocycles. The zero-order chi connectivity index (χ0) is 19.9. The van der Waals surface area contributed by atoms with Gasteiger partial charge in [0.1, 0.15) is 5.75 Å². The van der Waals surface area contributed by atoms with Gasteiger partial charge in [-0.2, -0.15) is 0 Å². The zero-order valence-electron chi connectivity index (χ0n) is 17.0. The molecule has 1 N–H and O–H groups in total. The fourth-order valence-electron chi connectivity index (χ4n) is 3.34. The summed E-state index contributed by atoms with van der Waals surface area (Å²) >= 11 is 0. The predicted molar refractivity (Wildman–Crippen MR) is 111 cm³/mol. The van der Waals surface area contributed by atoms with Gasteiger partial charge >= 0.3 is 0 Å². The van der Waals surface area contributed by atoms with Crippen LogP contribution in [-0.2, 0) is 4.79 Å². The number of carbonyl (C=O) groups excluding carboxylic acids is 1. The van der Waals surface area contributed by atoms with Crippen molar-refractivity contribution in [2.24, 2.45) is 11.8 Å². The van der Waals surface area contributed by atoms with Crippen LogP contribution in [0.3, 0.4) is 0 Å². The summed E-state index contributed by atoms with van der Waals surface area (Å²) in [6.07, 6.45) is 6.15. The first-order valence-electron chi connectivity index (χ1n) is 10.1. The van der Waals surface area contributed by atoms with Gasteiger partial charge in [-0.25, -0.2) is 9.97 Å². The minimum Gasteiger partial charge on any atom is -0.436 e. The van der Waals surface area contributed by atoms with Crippen LogP contribution >= 0.6 is 0 Å². The second kappa shape index (κ2) is 9.53. The molecule has 1 aliphatic rings. The Labute approximate surface area is 167 Å². The van der Waals surface area contributed by atoms with Crippen LogP contribution in [0.25, 0.3) is 0 Å². The Hall–Kier alpha value is -2.63. The summed E-state index contributed by atoms with van der Waals surface area (Å²) in [6, 6.07) is 7.86. The maximum absolute atomic E-state index is 12.6. The van der Waals surface area contributed by atoms with Crippen molar-refractivity contribution < 1.29 is 9.53 Å². The van der Waals surface area contributed by atoms with Crippen LogP contribution in [-0.4, -0.2) is 35.5 Å². The molecule has 6 heteroatoms. The molecule has 0 unspecified atom stereocenters. The van der Waals surface area contributed by atoms with Gasteiger partial charge in [0.15, 0.2) is 5.82 Å². The van der Waals surface area contributed by atoms with Gasteiger partial charge in [-0.1, -0.05) is 31.5 Å². The number of amides is 1. The molecule has 1 aromatic heterocycles. The van der Waals surface area contributed by atoms with E-state index in [9.17, 15) is 4.79 Å². The molecule has 1 aromatic carbocycles. The van der Waals surface area contributed by atoms with E-state index in [0.717, 1.165) is 38.1 Å². The Morgan fingerprint density at radius 1 is 1.25 bits per heavy atom. The first-order valence-corrected chi connectivity index (χ1v) is 10.1. The maximum atomic E-state index is 12.6. The molecule has 150 valence electrons. The second-order valence-corrected chi connectivity index (χ2v) is 7.86. The highest BCUT2D eigenvalue weighted by atomic mass is 16.5. The molecule has 28 heavy (non-hydrogen) atoms.